The standard InChI is InChI=1S/C19H17IO2/c1-3-19(2,20)18(21)22-17-10-6-9-15-11-13-7-4-5-8-14(13)12-16(15)17/h4-12H,3H2,1-2H3. The summed E-state index contributed by atoms with van der Waals surface area (Å²) in [5, 5.41) is 4.38. The molecule has 0 aliphatic rings. The maximum atomic E-state index is 12.3. The molecule has 0 aliphatic heterocycles. The van der Waals surface area contributed by atoms with Crippen LogP contribution in [0, 0.1) is 0 Å². The van der Waals surface area contributed by atoms with E-state index in [9.17, 15) is 4.79 Å². The van der Waals surface area contributed by atoms with Crippen molar-refractivity contribution in [3.8, 4) is 5.75 Å². The summed E-state index contributed by atoms with van der Waals surface area (Å²) in [6, 6.07) is 18.3. The smallest absolute Gasteiger partial charge is 0.327 e. The minimum absolute atomic E-state index is 0.198. The van der Waals surface area contributed by atoms with Gasteiger partial charge in [0.25, 0.3) is 0 Å². The molecule has 0 fully saturated rings. The monoisotopic (exact) mass is 404 g/mol. The van der Waals surface area contributed by atoms with E-state index in [1.54, 1.807) is 0 Å². The van der Waals surface area contributed by atoms with Gasteiger partial charge >= 0.3 is 5.97 Å². The van der Waals surface area contributed by atoms with E-state index in [0.29, 0.717) is 5.75 Å². The van der Waals surface area contributed by atoms with Gasteiger partial charge in [-0.25, -0.2) is 0 Å². The zero-order valence-corrected chi connectivity index (χ0v) is 14.8. The van der Waals surface area contributed by atoms with Crippen LogP contribution in [0.2, 0.25) is 0 Å². The Kier molecular flexibility index (Phi) is 4.08. The Labute approximate surface area is 143 Å². The molecule has 0 radical (unpaired) electrons. The normalized spacial score (nSPS) is 14.0. The first-order chi connectivity index (χ1) is 10.5. The zero-order chi connectivity index (χ0) is 15.7. The fraction of sp³-hybridized carbons (Fsp3) is 0.211. The molecule has 22 heavy (non-hydrogen) atoms. The van der Waals surface area contributed by atoms with Crippen molar-refractivity contribution in [2.75, 3.05) is 0 Å². The first-order valence-electron chi connectivity index (χ1n) is 7.34. The Morgan fingerprint density at radius 3 is 2.36 bits per heavy atom. The number of hydrogen-bond acceptors (Lipinski definition) is 2. The van der Waals surface area contributed by atoms with Crippen molar-refractivity contribution < 1.29 is 9.53 Å². The van der Waals surface area contributed by atoms with E-state index in [2.05, 4.69) is 46.9 Å². The minimum Gasteiger partial charge on any atom is -0.425 e. The lowest BCUT2D eigenvalue weighted by Crippen LogP contribution is -2.31. The Hall–Kier alpha value is -1.62. The molecule has 0 aromatic heterocycles. The van der Waals surface area contributed by atoms with Crippen molar-refractivity contribution in [1.82, 2.24) is 0 Å². The molecule has 3 aromatic carbocycles. The summed E-state index contributed by atoms with van der Waals surface area (Å²) < 4.78 is 5.18. The number of carbonyl (C=O) groups is 1. The number of esters is 1. The second-order valence-electron chi connectivity index (χ2n) is 5.62. The highest BCUT2D eigenvalue weighted by molar-refractivity contribution is 14.1. The van der Waals surface area contributed by atoms with E-state index in [4.69, 9.17) is 4.74 Å². The molecule has 3 aromatic rings. The number of carbonyl (C=O) groups excluding carboxylic acids is 1. The van der Waals surface area contributed by atoms with Crippen LogP contribution in [0.25, 0.3) is 21.5 Å². The van der Waals surface area contributed by atoms with Crippen LogP contribution < -0.4 is 4.74 Å². The molecule has 0 heterocycles. The van der Waals surface area contributed by atoms with Crippen molar-refractivity contribution in [3.63, 3.8) is 0 Å². The van der Waals surface area contributed by atoms with E-state index in [0.717, 1.165) is 22.6 Å². The summed E-state index contributed by atoms with van der Waals surface area (Å²) in [5.41, 5.74) is 0. The van der Waals surface area contributed by atoms with Crippen LogP contribution in [0.15, 0.2) is 54.6 Å². The van der Waals surface area contributed by atoms with Crippen LogP contribution in [-0.4, -0.2) is 9.39 Å². The van der Waals surface area contributed by atoms with Gasteiger partial charge in [0.15, 0.2) is 0 Å². The number of ether oxygens (including phenoxy) is 1. The summed E-state index contributed by atoms with van der Waals surface area (Å²) in [7, 11) is 0. The van der Waals surface area contributed by atoms with Gasteiger partial charge in [0.2, 0.25) is 0 Å². The molecule has 1 unspecified atom stereocenters. The number of hydrogen-bond donors (Lipinski definition) is 0. The van der Waals surface area contributed by atoms with Crippen molar-refractivity contribution >= 4 is 50.1 Å². The second kappa shape index (κ2) is 5.88. The van der Waals surface area contributed by atoms with Gasteiger partial charge in [-0.1, -0.05) is 65.9 Å². The molecule has 0 saturated heterocycles. The van der Waals surface area contributed by atoms with E-state index in [1.807, 2.05) is 44.2 Å². The molecule has 0 spiro atoms. The lowest BCUT2D eigenvalue weighted by Gasteiger charge is -2.19. The summed E-state index contributed by atoms with van der Waals surface area (Å²) >= 11 is 2.16. The van der Waals surface area contributed by atoms with Crippen molar-refractivity contribution in [2.24, 2.45) is 0 Å². The van der Waals surface area contributed by atoms with Crippen LogP contribution in [-0.2, 0) is 4.79 Å². The van der Waals surface area contributed by atoms with Crippen LogP contribution in [0.4, 0.5) is 0 Å². The molecule has 2 nitrogen and oxygen atoms in total. The van der Waals surface area contributed by atoms with Gasteiger partial charge < -0.3 is 4.74 Å². The van der Waals surface area contributed by atoms with Gasteiger partial charge in [0.05, 0.1) is 0 Å². The largest absolute Gasteiger partial charge is 0.425 e. The quantitative estimate of drug-likeness (QED) is 0.189. The highest BCUT2D eigenvalue weighted by Gasteiger charge is 2.30. The van der Waals surface area contributed by atoms with Crippen LogP contribution in [0.3, 0.4) is 0 Å². The Bertz CT molecular complexity index is 852. The molecule has 0 saturated carbocycles. The molecule has 1 atom stereocenters. The first kappa shape index (κ1) is 15.3. The number of benzene rings is 3. The Morgan fingerprint density at radius 1 is 1.05 bits per heavy atom. The molecule has 112 valence electrons. The van der Waals surface area contributed by atoms with E-state index < -0.39 is 3.42 Å². The first-order valence-corrected chi connectivity index (χ1v) is 8.42. The molecule has 0 bridgehead atoms. The van der Waals surface area contributed by atoms with Crippen LogP contribution >= 0.6 is 22.6 Å². The molecular formula is C19H17IO2. The SMILES string of the molecule is CCC(C)(I)C(=O)Oc1cccc2cc3ccccc3cc12. The van der Waals surface area contributed by atoms with Crippen molar-refractivity contribution in [1.29, 1.82) is 0 Å². The number of fused-ring (bicyclic) bond motifs is 2. The molecule has 3 heteroatoms. The van der Waals surface area contributed by atoms with Gasteiger partial charge in [0.1, 0.15) is 9.17 Å². The molecule has 0 amide bonds. The van der Waals surface area contributed by atoms with Gasteiger partial charge in [-0.15, -0.1) is 0 Å². The summed E-state index contributed by atoms with van der Waals surface area (Å²) in [6.45, 7) is 3.89. The van der Waals surface area contributed by atoms with E-state index in [1.165, 1.54) is 5.39 Å². The predicted octanol–water partition coefficient (Wildman–Crippen LogP) is 5.50. The fourth-order valence-electron chi connectivity index (χ4n) is 2.38. The topological polar surface area (TPSA) is 26.3 Å². The molecule has 3 rings (SSSR count). The number of alkyl halides is 1. The second-order valence-corrected chi connectivity index (χ2v) is 8.00. The zero-order valence-electron chi connectivity index (χ0n) is 12.6. The Morgan fingerprint density at radius 2 is 1.68 bits per heavy atom. The lowest BCUT2D eigenvalue weighted by molar-refractivity contribution is -0.136. The molecular weight excluding hydrogens is 387 g/mol. The molecule has 0 N–H and O–H groups in total. The maximum Gasteiger partial charge on any atom is 0.327 e. The number of halogens is 1. The van der Waals surface area contributed by atoms with Gasteiger partial charge in [-0.3, -0.25) is 4.79 Å². The van der Waals surface area contributed by atoms with Crippen molar-refractivity contribution in [2.45, 2.75) is 23.7 Å². The van der Waals surface area contributed by atoms with Crippen molar-refractivity contribution in [3.05, 3.63) is 54.6 Å². The average Bonchev–Trinajstić information content (AvgIpc) is 2.53. The van der Waals surface area contributed by atoms with E-state index >= 15 is 0 Å². The minimum atomic E-state index is -0.503. The molecule has 0 aliphatic carbocycles. The lowest BCUT2D eigenvalue weighted by atomic mass is 10.0. The summed E-state index contributed by atoms with van der Waals surface area (Å²) in [4.78, 5) is 12.3. The van der Waals surface area contributed by atoms with Crippen LogP contribution in [0.5, 0.6) is 5.75 Å². The number of rotatable bonds is 3. The fourth-order valence-corrected chi connectivity index (χ4v) is 2.49. The summed E-state index contributed by atoms with van der Waals surface area (Å²) in [6.07, 6.45) is 0.736. The predicted molar refractivity (Wildman–Crippen MR) is 99.8 cm³/mol. The van der Waals surface area contributed by atoms with Gasteiger partial charge in [0, 0.05) is 5.39 Å². The average molecular weight is 404 g/mol. The third-order valence-electron chi connectivity index (χ3n) is 4.00. The third-order valence-corrected chi connectivity index (χ3v) is 5.20. The van der Waals surface area contributed by atoms with E-state index in [-0.39, 0.29) is 5.97 Å². The highest BCUT2D eigenvalue weighted by atomic mass is 127. The summed E-state index contributed by atoms with van der Waals surface area (Å²) in [5.74, 6) is 0.431. The van der Waals surface area contributed by atoms with Crippen LogP contribution in [0.1, 0.15) is 20.3 Å². The third kappa shape index (κ3) is 2.82. The highest BCUT2D eigenvalue weighted by Crippen LogP contribution is 2.32. The maximum absolute atomic E-state index is 12.3. The van der Waals surface area contributed by atoms with Gasteiger partial charge in [-0.2, -0.15) is 0 Å². The van der Waals surface area contributed by atoms with Gasteiger partial charge in [-0.05, 0) is 47.7 Å². The Balaban J connectivity index is 2.10.